The maximum absolute atomic E-state index is 13.2. The molecule has 1 saturated heterocycles. The topological polar surface area (TPSA) is 57.4 Å². The van der Waals surface area contributed by atoms with E-state index in [0.717, 1.165) is 41.9 Å². The number of benzene rings is 1. The number of aromatic nitrogens is 1. The molecule has 2 heterocycles. The van der Waals surface area contributed by atoms with E-state index >= 15 is 0 Å². The summed E-state index contributed by atoms with van der Waals surface area (Å²) in [5.41, 5.74) is 8.07. The Bertz CT molecular complexity index is 674. The summed E-state index contributed by atoms with van der Waals surface area (Å²) in [5, 5.41) is 1.06. The van der Waals surface area contributed by atoms with Crippen LogP contribution in [0.15, 0.2) is 29.4 Å². The van der Waals surface area contributed by atoms with Crippen molar-refractivity contribution in [1.82, 2.24) is 9.88 Å². The predicted octanol–water partition coefficient (Wildman–Crippen LogP) is 3.51. The van der Waals surface area contributed by atoms with Gasteiger partial charge in [0, 0.05) is 36.7 Å². The molecule has 0 spiro atoms. The summed E-state index contributed by atoms with van der Waals surface area (Å²) in [6.45, 7) is 4.94. The molecule has 1 aliphatic heterocycles. The van der Waals surface area contributed by atoms with Crippen molar-refractivity contribution in [2.45, 2.75) is 26.2 Å². The van der Waals surface area contributed by atoms with E-state index in [0.29, 0.717) is 12.5 Å². The Kier molecular flexibility index (Phi) is 6.26. The minimum Gasteiger partial charge on any atom is -0.370 e. The van der Waals surface area contributed by atoms with Crippen molar-refractivity contribution in [3.63, 3.8) is 0 Å². The molecule has 2 aromatic rings. The number of likely N-dealkylation sites (tertiary alicyclic amines) is 1. The highest BCUT2D eigenvalue weighted by Crippen LogP contribution is 2.20. The molecule has 0 bridgehead atoms. The second-order valence-corrected chi connectivity index (χ2v) is 6.16. The lowest BCUT2D eigenvalue weighted by molar-refractivity contribution is 0.277. The smallest absolute Gasteiger partial charge is 0.191 e. The lowest BCUT2D eigenvalue weighted by Gasteiger charge is -2.31. The van der Waals surface area contributed by atoms with Gasteiger partial charge >= 0.3 is 0 Å². The molecular formula is C17H24FIN4. The third-order valence-electron chi connectivity index (χ3n) is 4.49. The van der Waals surface area contributed by atoms with Crippen LogP contribution >= 0.6 is 24.0 Å². The zero-order valence-corrected chi connectivity index (χ0v) is 15.7. The fraction of sp³-hybridized carbons (Fsp3) is 0.471. The first kappa shape index (κ1) is 18.0. The minimum atomic E-state index is -0.220. The highest BCUT2D eigenvalue weighted by Gasteiger charge is 2.16. The molecule has 3 N–H and O–H groups in total. The molecule has 0 amide bonds. The molecule has 0 atom stereocenters. The van der Waals surface area contributed by atoms with Gasteiger partial charge in [-0.05, 0) is 48.9 Å². The quantitative estimate of drug-likeness (QED) is 0.445. The number of aliphatic imine (C=N–C) groups is 1. The summed E-state index contributed by atoms with van der Waals surface area (Å²) < 4.78 is 13.2. The molecule has 0 radical (unpaired) electrons. The number of aromatic amines is 1. The molecule has 0 saturated carbocycles. The van der Waals surface area contributed by atoms with E-state index in [1.807, 2.05) is 12.3 Å². The van der Waals surface area contributed by atoms with Crippen molar-refractivity contribution >= 4 is 40.8 Å². The third-order valence-corrected chi connectivity index (χ3v) is 4.49. The first-order valence-electron chi connectivity index (χ1n) is 7.94. The number of fused-ring (bicyclic) bond motifs is 1. The number of piperidine rings is 1. The predicted molar refractivity (Wildman–Crippen MR) is 104 cm³/mol. The average Bonchev–Trinajstić information content (AvgIpc) is 2.90. The van der Waals surface area contributed by atoms with Gasteiger partial charge in [-0.1, -0.05) is 6.92 Å². The molecule has 126 valence electrons. The molecule has 1 aliphatic rings. The summed E-state index contributed by atoms with van der Waals surface area (Å²) in [7, 11) is 0. The van der Waals surface area contributed by atoms with Crippen LogP contribution in [0.25, 0.3) is 10.9 Å². The van der Waals surface area contributed by atoms with Crippen LogP contribution in [0.5, 0.6) is 0 Å². The molecule has 1 aromatic carbocycles. The van der Waals surface area contributed by atoms with Gasteiger partial charge in [0.15, 0.2) is 5.96 Å². The molecular weight excluding hydrogens is 406 g/mol. The fourth-order valence-electron chi connectivity index (χ4n) is 2.99. The van der Waals surface area contributed by atoms with Gasteiger partial charge in [-0.15, -0.1) is 24.0 Å². The third kappa shape index (κ3) is 4.37. The molecule has 23 heavy (non-hydrogen) atoms. The highest BCUT2D eigenvalue weighted by atomic mass is 127. The SMILES string of the molecule is CC1CCN(C(N)=NCCc2c[nH]c3cc(F)ccc23)CC1.I. The first-order valence-corrected chi connectivity index (χ1v) is 7.94. The second-order valence-electron chi connectivity index (χ2n) is 6.16. The highest BCUT2D eigenvalue weighted by molar-refractivity contribution is 14.0. The van der Waals surface area contributed by atoms with Crippen LogP contribution in [0.3, 0.4) is 0 Å². The number of halogens is 2. The number of nitrogens with two attached hydrogens (primary N) is 1. The van der Waals surface area contributed by atoms with Gasteiger partial charge in [-0.2, -0.15) is 0 Å². The van der Waals surface area contributed by atoms with Crippen molar-refractivity contribution in [1.29, 1.82) is 0 Å². The van der Waals surface area contributed by atoms with Crippen LogP contribution in [0, 0.1) is 11.7 Å². The largest absolute Gasteiger partial charge is 0.370 e. The zero-order valence-electron chi connectivity index (χ0n) is 13.4. The van der Waals surface area contributed by atoms with E-state index < -0.39 is 0 Å². The maximum atomic E-state index is 13.2. The number of hydrogen-bond donors (Lipinski definition) is 2. The monoisotopic (exact) mass is 430 g/mol. The van der Waals surface area contributed by atoms with Crippen LogP contribution < -0.4 is 5.73 Å². The van der Waals surface area contributed by atoms with Crippen molar-refractivity contribution in [3.05, 3.63) is 35.8 Å². The minimum absolute atomic E-state index is 0. The maximum Gasteiger partial charge on any atom is 0.191 e. The molecule has 1 aromatic heterocycles. The lowest BCUT2D eigenvalue weighted by atomic mass is 10.00. The van der Waals surface area contributed by atoms with E-state index in [2.05, 4.69) is 21.8 Å². The zero-order chi connectivity index (χ0) is 15.5. The van der Waals surface area contributed by atoms with Crippen LogP contribution in [0.2, 0.25) is 0 Å². The summed E-state index contributed by atoms with van der Waals surface area (Å²) in [6, 6.07) is 4.83. The molecule has 1 fully saturated rings. The Morgan fingerprint density at radius 3 is 2.87 bits per heavy atom. The summed E-state index contributed by atoms with van der Waals surface area (Å²) >= 11 is 0. The molecule has 4 nitrogen and oxygen atoms in total. The van der Waals surface area contributed by atoms with Crippen molar-refractivity contribution in [2.75, 3.05) is 19.6 Å². The Labute approximate surface area is 153 Å². The number of hydrogen-bond acceptors (Lipinski definition) is 1. The average molecular weight is 430 g/mol. The lowest BCUT2D eigenvalue weighted by Crippen LogP contribution is -2.42. The van der Waals surface area contributed by atoms with E-state index in [-0.39, 0.29) is 29.8 Å². The summed E-state index contributed by atoms with van der Waals surface area (Å²) in [4.78, 5) is 9.78. The number of guanidine groups is 1. The van der Waals surface area contributed by atoms with Gasteiger partial charge in [0.05, 0.1) is 0 Å². The van der Waals surface area contributed by atoms with Crippen molar-refractivity contribution in [2.24, 2.45) is 16.6 Å². The Morgan fingerprint density at radius 1 is 1.39 bits per heavy atom. The van der Waals surface area contributed by atoms with Crippen LogP contribution in [0.1, 0.15) is 25.3 Å². The van der Waals surface area contributed by atoms with Gasteiger partial charge in [-0.25, -0.2) is 4.39 Å². The van der Waals surface area contributed by atoms with E-state index in [4.69, 9.17) is 5.73 Å². The number of nitrogens with zero attached hydrogens (tertiary/aromatic N) is 2. The van der Waals surface area contributed by atoms with Crippen LogP contribution in [-0.4, -0.2) is 35.5 Å². The van der Waals surface area contributed by atoms with Crippen LogP contribution in [-0.2, 0) is 6.42 Å². The van der Waals surface area contributed by atoms with Gasteiger partial charge < -0.3 is 15.6 Å². The molecule has 0 unspecified atom stereocenters. The molecule has 3 rings (SSSR count). The van der Waals surface area contributed by atoms with Gasteiger partial charge in [0.2, 0.25) is 0 Å². The Morgan fingerprint density at radius 2 is 2.13 bits per heavy atom. The number of H-pyrrole nitrogens is 1. The van der Waals surface area contributed by atoms with Crippen molar-refractivity contribution in [3.8, 4) is 0 Å². The van der Waals surface area contributed by atoms with Gasteiger partial charge in [0.1, 0.15) is 5.82 Å². The van der Waals surface area contributed by atoms with Crippen molar-refractivity contribution < 1.29 is 4.39 Å². The summed E-state index contributed by atoms with van der Waals surface area (Å²) in [6.07, 6.45) is 5.10. The van der Waals surface area contributed by atoms with Gasteiger partial charge in [-0.3, -0.25) is 4.99 Å². The Balaban J connectivity index is 0.00000192. The molecule has 6 heteroatoms. The van der Waals surface area contributed by atoms with E-state index in [1.54, 1.807) is 0 Å². The van der Waals surface area contributed by atoms with Gasteiger partial charge in [0.25, 0.3) is 0 Å². The summed E-state index contributed by atoms with van der Waals surface area (Å²) in [5.74, 6) is 1.22. The second kappa shape index (κ2) is 7.99. The Hall–Kier alpha value is -1.31. The first-order chi connectivity index (χ1) is 10.6. The normalized spacial score (nSPS) is 16.6. The fourth-order valence-corrected chi connectivity index (χ4v) is 2.99. The van der Waals surface area contributed by atoms with Crippen LogP contribution in [0.4, 0.5) is 4.39 Å². The standard InChI is InChI=1S/C17H23FN4.HI/c1-12-5-8-22(9-6-12)17(19)20-7-4-13-11-21-16-10-14(18)2-3-15(13)16;/h2-3,10-12,21H,4-9H2,1H3,(H2,19,20);1H. The number of rotatable bonds is 3. The molecule has 0 aliphatic carbocycles. The van der Waals surface area contributed by atoms with E-state index in [1.165, 1.54) is 25.0 Å². The van der Waals surface area contributed by atoms with E-state index in [9.17, 15) is 4.39 Å². The number of nitrogens with one attached hydrogen (secondary N) is 1.